The Bertz CT molecular complexity index is 495. The number of sulfonamides is 1. The molecule has 1 saturated heterocycles. The van der Waals surface area contributed by atoms with E-state index in [0.29, 0.717) is 10.8 Å². The topological polar surface area (TPSA) is 63.4 Å². The number of nitrogens with two attached hydrogens (primary N) is 1. The lowest BCUT2D eigenvalue weighted by atomic mass is 10.2. The quantitative estimate of drug-likeness (QED) is 0.906. The van der Waals surface area contributed by atoms with E-state index in [9.17, 15) is 8.42 Å². The first kappa shape index (κ1) is 13.0. The van der Waals surface area contributed by atoms with E-state index >= 15 is 0 Å². The largest absolute Gasteiger partial charge is 0.326 e. The Hall–Kier alpha value is -0.430. The molecule has 0 spiro atoms. The molecule has 2 heterocycles. The molecule has 0 saturated carbocycles. The standard InChI is InChI=1S/C11H18N2O2S2/c1-3-9-4-5-11(16-9)17(14,15)13-7-6-10(12)8(13)2/h4-5,8,10H,3,6-7,12H2,1-2H3. The number of rotatable bonds is 3. The Morgan fingerprint density at radius 2 is 2.24 bits per heavy atom. The first-order valence-corrected chi connectivity index (χ1v) is 8.08. The molecule has 1 aliphatic rings. The van der Waals surface area contributed by atoms with E-state index in [1.165, 1.54) is 15.6 Å². The molecule has 2 unspecified atom stereocenters. The Labute approximate surface area is 106 Å². The summed E-state index contributed by atoms with van der Waals surface area (Å²) in [6, 6.07) is 3.44. The Morgan fingerprint density at radius 3 is 2.71 bits per heavy atom. The van der Waals surface area contributed by atoms with E-state index in [2.05, 4.69) is 0 Å². The Balaban J connectivity index is 2.30. The molecule has 0 aromatic carbocycles. The summed E-state index contributed by atoms with van der Waals surface area (Å²) in [6.07, 6.45) is 1.61. The van der Waals surface area contributed by atoms with E-state index in [0.717, 1.165) is 17.7 Å². The predicted octanol–water partition coefficient (Wildman–Crippen LogP) is 1.42. The van der Waals surface area contributed by atoms with Gasteiger partial charge in [-0.2, -0.15) is 4.31 Å². The fourth-order valence-corrected chi connectivity index (χ4v) is 5.19. The maximum absolute atomic E-state index is 12.4. The lowest BCUT2D eigenvalue weighted by Crippen LogP contribution is -2.40. The molecule has 0 amide bonds. The number of hydrogen-bond acceptors (Lipinski definition) is 4. The highest BCUT2D eigenvalue weighted by molar-refractivity contribution is 7.91. The minimum absolute atomic E-state index is 0.0459. The van der Waals surface area contributed by atoms with Crippen molar-refractivity contribution in [2.24, 2.45) is 5.73 Å². The molecule has 1 aliphatic heterocycles. The second kappa shape index (κ2) is 4.68. The number of thiophene rings is 1. The van der Waals surface area contributed by atoms with Crippen LogP contribution in [0.15, 0.2) is 16.3 Å². The zero-order valence-electron chi connectivity index (χ0n) is 10.1. The third kappa shape index (κ3) is 2.27. The third-order valence-electron chi connectivity index (χ3n) is 3.31. The first-order chi connectivity index (χ1) is 7.96. The van der Waals surface area contributed by atoms with Crippen molar-refractivity contribution >= 4 is 21.4 Å². The SMILES string of the molecule is CCc1ccc(S(=O)(=O)N2CCC(N)C2C)s1. The number of aryl methyl sites for hydroxylation is 1. The summed E-state index contributed by atoms with van der Waals surface area (Å²) in [5, 5.41) is 0. The van der Waals surface area contributed by atoms with Crippen molar-refractivity contribution in [1.82, 2.24) is 4.31 Å². The maximum atomic E-state index is 12.4. The van der Waals surface area contributed by atoms with Gasteiger partial charge in [0.05, 0.1) is 0 Å². The van der Waals surface area contributed by atoms with Crippen LogP contribution in [0.1, 0.15) is 25.1 Å². The molecule has 1 aromatic rings. The average Bonchev–Trinajstić information content (AvgIpc) is 2.87. The van der Waals surface area contributed by atoms with Crippen molar-refractivity contribution in [3.8, 4) is 0 Å². The smallest absolute Gasteiger partial charge is 0.252 e. The molecule has 0 aliphatic carbocycles. The summed E-state index contributed by atoms with van der Waals surface area (Å²) in [4.78, 5) is 1.10. The van der Waals surface area contributed by atoms with Crippen molar-refractivity contribution in [1.29, 1.82) is 0 Å². The summed E-state index contributed by atoms with van der Waals surface area (Å²) in [6.45, 7) is 4.43. The van der Waals surface area contributed by atoms with E-state index in [1.54, 1.807) is 6.07 Å². The monoisotopic (exact) mass is 274 g/mol. The Kier molecular flexibility index (Phi) is 3.58. The van der Waals surface area contributed by atoms with E-state index in [4.69, 9.17) is 5.73 Å². The van der Waals surface area contributed by atoms with Crippen molar-refractivity contribution in [3.05, 3.63) is 17.0 Å². The zero-order valence-corrected chi connectivity index (χ0v) is 11.7. The van der Waals surface area contributed by atoms with Gasteiger partial charge in [-0.1, -0.05) is 6.92 Å². The van der Waals surface area contributed by atoms with Gasteiger partial charge in [0.15, 0.2) is 0 Å². The molecule has 96 valence electrons. The molecule has 2 rings (SSSR count). The molecule has 4 nitrogen and oxygen atoms in total. The summed E-state index contributed by atoms with van der Waals surface area (Å²) in [7, 11) is -3.34. The van der Waals surface area contributed by atoms with Gasteiger partial charge in [0.2, 0.25) is 0 Å². The highest BCUT2D eigenvalue weighted by Gasteiger charge is 2.37. The van der Waals surface area contributed by atoms with Crippen LogP contribution < -0.4 is 5.73 Å². The van der Waals surface area contributed by atoms with Crippen LogP contribution >= 0.6 is 11.3 Å². The number of hydrogen-bond donors (Lipinski definition) is 1. The van der Waals surface area contributed by atoms with Gasteiger partial charge in [0, 0.05) is 23.5 Å². The second-order valence-corrected chi connectivity index (χ2v) is 7.67. The minimum atomic E-state index is -3.34. The van der Waals surface area contributed by atoms with Crippen LogP contribution in [0.2, 0.25) is 0 Å². The molecule has 1 fully saturated rings. The number of nitrogens with zero attached hydrogens (tertiary/aromatic N) is 1. The normalized spacial score (nSPS) is 26.5. The molecule has 2 N–H and O–H groups in total. The van der Waals surface area contributed by atoms with E-state index in [1.807, 2.05) is 19.9 Å². The van der Waals surface area contributed by atoms with Gasteiger partial charge in [0.1, 0.15) is 4.21 Å². The van der Waals surface area contributed by atoms with Gasteiger partial charge in [-0.25, -0.2) is 8.42 Å². The third-order valence-corrected chi connectivity index (χ3v) is 6.99. The lowest BCUT2D eigenvalue weighted by molar-refractivity contribution is 0.394. The van der Waals surface area contributed by atoms with Crippen molar-refractivity contribution in [3.63, 3.8) is 0 Å². The van der Waals surface area contributed by atoms with Crippen LogP contribution in [-0.2, 0) is 16.4 Å². The van der Waals surface area contributed by atoms with E-state index in [-0.39, 0.29) is 12.1 Å². The summed E-state index contributed by atoms with van der Waals surface area (Å²) >= 11 is 1.36. The van der Waals surface area contributed by atoms with Gasteiger partial charge in [-0.15, -0.1) is 11.3 Å². The van der Waals surface area contributed by atoms with Gasteiger partial charge >= 0.3 is 0 Å². The van der Waals surface area contributed by atoms with Gasteiger partial charge in [-0.3, -0.25) is 0 Å². The van der Waals surface area contributed by atoms with Crippen LogP contribution in [0.5, 0.6) is 0 Å². The fraction of sp³-hybridized carbons (Fsp3) is 0.636. The van der Waals surface area contributed by atoms with Crippen molar-refractivity contribution in [2.75, 3.05) is 6.54 Å². The molecule has 0 radical (unpaired) electrons. The molecule has 0 bridgehead atoms. The molecular formula is C11H18N2O2S2. The highest BCUT2D eigenvalue weighted by atomic mass is 32.2. The molecule has 1 aromatic heterocycles. The predicted molar refractivity (Wildman–Crippen MR) is 69.6 cm³/mol. The fourth-order valence-electron chi connectivity index (χ4n) is 2.08. The first-order valence-electron chi connectivity index (χ1n) is 5.83. The summed E-state index contributed by atoms with van der Waals surface area (Å²) < 4.78 is 26.8. The Morgan fingerprint density at radius 1 is 1.53 bits per heavy atom. The highest BCUT2D eigenvalue weighted by Crippen LogP contribution is 2.29. The van der Waals surface area contributed by atoms with Crippen LogP contribution in [0.25, 0.3) is 0 Å². The molecular weight excluding hydrogens is 256 g/mol. The average molecular weight is 274 g/mol. The maximum Gasteiger partial charge on any atom is 0.252 e. The van der Waals surface area contributed by atoms with Gasteiger partial charge in [0.25, 0.3) is 10.0 Å². The molecule has 17 heavy (non-hydrogen) atoms. The van der Waals surface area contributed by atoms with Crippen LogP contribution in [-0.4, -0.2) is 31.4 Å². The van der Waals surface area contributed by atoms with Crippen molar-refractivity contribution in [2.45, 2.75) is 43.0 Å². The van der Waals surface area contributed by atoms with Crippen molar-refractivity contribution < 1.29 is 8.42 Å². The van der Waals surface area contributed by atoms with Gasteiger partial charge in [-0.05, 0) is 31.9 Å². The summed E-state index contributed by atoms with van der Waals surface area (Å²) in [5.41, 5.74) is 5.87. The zero-order chi connectivity index (χ0) is 12.6. The molecule has 6 heteroatoms. The van der Waals surface area contributed by atoms with E-state index < -0.39 is 10.0 Å². The van der Waals surface area contributed by atoms with Crippen LogP contribution in [0, 0.1) is 0 Å². The minimum Gasteiger partial charge on any atom is -0.326 e. The summed E-state index contributed by atoms with van der Waals surface area (Å²) in [5.74, 6) is 0. The van der Waals surface area contributed by atoms with Crippen LogP contribution in [0.3, 0.4) is 0 Å². The lowest BCUT2D eigenvalue weighted by Gasteiger charge is -2.21. The van der Waals surface area contributed by atoms with Gasteiger partial charge < -0.3 is 5.73 Å². The second-order valence-electron chi connectivity index (χ2n) is 4.38. The molecule has 2 atom stereocenters. The van der Waals surface area contributed by atoms with Crippen LogP contribution in [0.4, 0.5) is 0 Å².